The van der Waals surface area contributed by atoms with Crippen molar-refractivity contribution >= 4 is 29.9 Å². The fourth-order valence-electron chi connectivity index (χ4n) is 3.48. The van der Waals surface area contributed by atoms with E-state index in [-0.39, 0.29) is 38.1 Å². The molecule has 2 amide bonds. The van der Waals surface area contributed by atoms with Crippen molar-refractivity contribution in [2.45, 2.75) is 65.0 Å². The number of hydrogen-bond acceptors (Lipinski definition) is 10. The zero-order chi connectivity index (χ0) is 32.1. The topological polar surface area (TPSA) is 141 Å². The Hall–Kier alpha value is -3.50. The van der Waals surface area contributed by atoms with E-state index in [1.54, 1.807) is 62.1 Å². The van der Waals surface area contributed by atoms with E-state index in [4.69, 9.17) is 20.6 Å². The number of carbonyl (C=O) groups is 4. The quantitative estimate of drug-likeness (QED) is 0.119. The molecule has 1 heterocycles. The Kier molecular flexibility index (Phi) is 19.5. The number of urea groups is 1. The van der Waals surface area contributed by atoms with Crippen LogP contribution in [-0.2, 0) is 44.5 Å². The third-order valence-electron chi connectivity index (χ3n) is 5.79. The van der Waals surface area contributed by atoms with Crippen LogP contribution in [0.1, 0.15) is 46.1 Å². The molecule has 3 unspecified atom stereocenters. The van der Waals surface area contributed by atoms with Crippen LogP contribution in [-0.4, -0.2) is 106 Å². The first-order chi connectivity index (χ1) is 19.9. The van der Waals surface area contributed by atoms with Crippen LogP contribution >= 0.6 is 0 Å². The molecule has 0 spiro atoms. The molecular weight excluding hydrogens is 548 g/mol. The van der Waals surface area contributed by atoms with Gasteiger partial charge in [-0.2, -0.15) is 0 Å². The number of methoxy groups -OCH3 is 2. The highest BCUT2D eigenvalue weighted by Gasteiger charge is 2.42. The highest BCUT2D eigenvalue weighted by atomic mass is 16.6. The van der Waals surface area contributed by atoms with Crippen LogP contribution in [0.4, 0.5) is 10.5 Å². The molecule has 236 valence electrons. The molecule has 2 rings (SSSR count). The summed E-state index contributed by atoms with van der Waals surface area (Å²) < 4.78 is 24.8. The van der Waals surface area contributed by atoms with Gasteiger partial charge in [-0.25, -0.2) is 9.59 Å². The molecule has 1 N–H and O–H groups in total. The van der Waals surface area contributed by atoms with Gasteiger partial charge in [0.05, 0.1) is 32.8 Å². The molecule has 3 atom stereocenters. The van der Waals surface area contributed by atoms with Crippen molar-refractivity contribution in [1.29, 1.82) is 0 Å². The third-order valence-corrected chi connectivity index (χ3v) is 5.79. The van der Waals surface area contributed by atoms with Crippen LogP contribution in [0.15, 0.2) is 24.3 Å². The number of aldehydes is 1. The SMILES string of the molecule is C#CCC(O)OC(C)COC(C=O)(Cc1ccc(N2CCCN(C)C2=O)cc1)C(=O)OCC.CCOC.COC(C)=O. The van der Waals surface area contributed by atoms with Gasteiger partial charge in [0.15, 0.2) is 12.6 Å². The molecule has 1 saturated heterocycles. The minimum absolute atomic E-state index is 0.00268. The molecule has 0 radical (unpaired) electrons. The first-order valence-corrected chi connectivity index (χ1v) is 13.6. The van der Waals surface area contributed by atoms with Crippen molar-refractivity contribution in [3.63, 3.8) is 0 Å². The molecule has 0 saturated carbocycles. The maximum absolute atomic E-state index is 12.7. The summed E-state index contributed by atoms with van der Waals surface area (Å²) in [5, 5.41) is 9.69. The molecule has 1 aromatic carbocycles. The molecule has 1 aromatic rings. The predicted molar refractivity (Wildman–Crippen MR) is 157 cm³/mol. The van der Waals surface area contributed by atoms with Gasteiger partial charge in [0.1, 0.15) is 0 Å². The largest absolute Gasteiger partial charge is 0.469 e. The average molecular weight is 595 g/mol. The zero-order valence-corrected chi connectivity index (χ0v) is 25.8. The molecule has 1 aliphatic rings. The highest BCUT2D eigenvalue weighted by molar-refractivity contribution is 5.97. The summed E-state index contributed by atoms with van der Waals surface area (Å²) in [4.78, 5) is 50.1. The second kappa shape index (κ2) is 21.2. The van der Waals surface area contributed by atoms with Gasteiger partial charge < -0.3 is 33.7 Å². The van der Waals surface area contributed by atoms with Gasteiger partial charge in [-0.3, -0.25) is 14.5 Å². The number of anilines is 1. The van der Waals surface area contributed by atoms with Gasteiger partial charge in [0.2, 0.25) is 5.60 Å². The van der Waals surface area contributed by atoms with E-state index in [0.717, 1.165) is 18.7 Å². The third kappa shape index (κ3) is 13.9. The van der Waals surface area contributed by atoms with E-state index in [1.807, 2.05) is 6.92 Å². The van der Waals surface area contributed by atoms with Crippen LogP contribution in [0.5, 0.6) is 0 Å². The van der Waals surface area contributed by atoms with E-state index in [2.05, 4.69) is 15.4 Å². The molecule has 0 aromatic heterocycles. The summed E-state index contributed by atoms with van der Waals surface area (Å²) in [5.74, 6) is 1.23. The first kappa shape index (κ1) is 38.5. The number of rotatable bonds is 13. The maximum atomic E-state index is 12.7. The number of ether oxygens (including phenoxy) is 5. The normalized spacial score (nSPS) is 15.4. The van der Waals surface area contributed by atoms with Crippen LogP contribution in [0.3, 0.4) is 0 Å². The second-order valence-electron chi connectivity index (χ2n) is 9.17. The summed E-state index contributed by atoms with van der Waals surface area (Å²) in [7, 11) is 4.79. The minimum Gasteiger partial charge on any atom is -0.469 e. The van der Waals surface area contributed by atoms with E-state index < -0.39 is 24.0 Å². The molecule has 42 heavy (non-hydrogen) atoms. The summed E-state index contributed by atoms with van der Waals surface area (Å²) in [6, 6.07) is 6.96. The lowest BCUT2D eigenvalue weighted by molar-refractivity contribution is -0.185. The molecule has 0 bridgehead atoms. The summed E-state index contributed by atoms with van der Waals surface area (Å²) in [6.45, 7) is 8.67. The molecule has 0 aliphatic carbocycles. The van der Waals surface area contributed by atoms with Crippen LogP contribution in [0, 0.1) is 12.3 Å². The predicted octanol–water partition coefficient (Wildman–Crippen LogP) is 2.59. The lowest BCUT2D eigenvalue weighted by Crippen LogP contribution is -2.48. The van der Waals surface area contributed by atoms with E-state index in [0.29, 0.717) is 24.9 Å². The number of aliphatic hydroxyl groups excluding tert-OH is 1. The number of aliphatic hydroxyl groups is 1. The Bertz CT molecular complexity index is 993. The number of amides is 2. The lowest BCUT2D eigenvalue weighted by Gasteiger charge is -2.33. The van der Waals surface area contributed by atoms with Gasteiger partial charge in [0, 0.05) is 52.9 Å². The standard InChI is InChI=1S/C24H32N2O7.C3H6O2.C3H8O/c1-5-8-21(28)33-18(3)16-32-24(17-27,22(29)31-6-2)15-19-9-11-20(12-10-19)26-14-7-13-25(4)23(26)30;1-3(4)5-2;1-3-4-2/h1,9-12,17-18,21,28H,6-8,13-16H2,2-4H3;1-2H3;3H2,1-2H3. The molecule has 12 nitrogen and oxygen atoms in total. The Balaban J connectivity index is 0.00000163. The van der Waals surface area contributed by atoms with Crippen LogP contribution in [0.25, 0.3) is 0 Å². The first-order valence-electron chi connectivity index (χ1n) is 13.6. The van der Waals surface area contributed by atoms with E-state index >= 15 is 0 Å². The highest BCUT2D eigenvalue weighted by Crippen LogP contribution is 2.24. The van der Waals surface area contributed by atoms with Crippen molar-refractivity contribution in [2.24, 2.45) is 0 Å². The zero-order valence-electron chi connectivity index (χ0n) is 25.8. The molecule has 1 aliphatic heterocycles. The van der Waals surface area contributed by atoms with Gasteiger partial charge in [0.25, 0.3) is 0 Å². The van der Waals surface area contributed by atoms with Gasteiger partial charge in [-0.1, -0.05) is 12.1 Å². The Morgan fingerprint density at radius 1 is 1.17 bits per heavy atom. The monoisotopic (exact) mass is 594 g/mol. The van der Waals surface area contributed by atoms with Gasteiger partial charge in [-0.05, 0) is 44.9 Å². The van der Waals surface area contributed by atoms with Crippen molar-refractivity contribution in [1.82, 2.24) is 4.90 Å². The summed E-state index contributed by atoms with van der Waals surface area (Å²) in [6.07, 6.45) is 4.57. The molecule has 1 fully saturated rings. The Labute approximate surface area is 249 Å². The van der Waals surface area contributed by atoms with E-state index in [9.17, 15) is 24.3 Å². The van der Waals surface area contributed by atoms with Gasteiger partial charge >= 0.3 is 18.0 Å². The van der Waals surface area contributed by atoms with Crippen molar-refractivity contribution in [3.05, 3.63) is 29.8 Å². The minimum atomic E-state index is -1.88. The summed E-state index contributed by atoms with van der Waals surface area (Å²) >= 11 is 0. The average Bonchev–Trinajstić information content (AvgIpc) is 2.97. The van der Waals surface area contributed by atoms with Crippen LogP contribution in [0.2, 0.25) is 0 Å². The maximum Gasteiger partial charge on any atom is 0.346 e. The smallest absolute Gasteiger partial charge is 0.346 e. The van der Waals surface area contributed by atoms with Crippen molar-refractivity contribution in [2.75, 3.05) is 59.1 Å². The molecule has 12 heteroatoms. The van der Waals surface area contributed by atoms with Crippen molar-refractivity contribution in [3.8, 4) is 12.3 Å². The molecular formula is C30H46N2O10. The van der Waals surface area contributed by atoms with E-state index in [1.165, 1.54) is 14.0 Å². The lowest BCUT2D eigenvalue weighted by atomic mass is 9.95. The number of nitrogens with zero attached hydrogens (tertiary/aromatic N) is 2. The summed E-state index contributed by atoms with van der Waals surface area (Å²) in [5.41, 5.74) is -0.501. The van der Waals surface area contributed by atoms with Crippen molar-refractivity contribution < 1.29 is 48.0 Å². The fraction of sp³-hybridized carbons (Fsp3) is 0.600. The number of benzene rings is 1. The number of esters is 2. The Morgan fingerprint density at radius 3 is 2.24 bits per heavy atom. The number of hydrogen-bond donors (Lipinski definition) is 1. The number of carbonyl (C=O) groups excluding carboxylic acids is 4. The van der Waals surface area contributed by atoms with Gasteiger partial charge in [-0.15, -0.1) is 12.3 Å². The fourth-order valence-corrected chi connectivity index (χ4v) is 3.48. The Morgan fingerprint density at radius 2 is 1.76 bits per heavy atom. The van der Waals surface area contributed by atoms with Crippen LogP contribution < -0.4 is 4.90 Å². The number of terminal acetylenes is 1. The second-order valence-corrected chi connectivity index (χ2v) is 9.17.